The van der Waals surface area contributed by atoms with Crippen molar-refractivity contribution in [3.8, 4) is 34.0 Å². The minimum absolute atomic E-state index is 0. The molecule has 6 aromatic rings. The topological polar surface area (TPSA) is 81.5 Å². The van der Waals surface area contributed by atoms with Crippen molar-refractivity contribution in [3.63, 3.8) is 0 Å². The van der Waals surface area contributed by atoms with Crippen molar-refractivity contribution in [2.45, 2.75) is 34.6 Å². The average molecular weight is 789 g/mol. The maximum Gasteiger partial charge on any atom is 1.00 e. The molecule has 0 aliphatic heterocycles. The zero-order valence-corrected chi connectivity index (χ0v) is 29.1. The number of rotatable bonds is 4. The molecule has 0 aliphatic rings. The molecule has 227 valence electrons. The van der Waals surface area contributed by atoms with Crippen LogP contribution in [0.3, 0.4) is 0 Å². The van der Waals surface area contributed by atoms with Crippen molar-refractivity contribution in [2.75, 3.05) is 0 Å². The standard InChI is InChI=1S/C13H9ClNO.2C12H12N2.Os/c1-9-5-6-15-12(7-9)10-3-2-4-11(8-10)13(14)16;2*1-9-3-5-13-11(7-9)12-8-10(2)4-6-14-12;/h2,4-8H,1H3;2*3-8H,1-2H3;/q-1;;;+1. The molecule has 45 heavy (non-hydrogen) atoms. The van der Waals surface area contributed by atoms with Gasteiger partial charge >= 0.3 is 19.8 Å². The van der Waals surface area contributed by atoms with Crippen LogP contribution < -0.4 is 0 Å². The third-order valence-electron chi connectivity index (χ3n) is 6.41. The Hall–Kier alpha value is -4.43. The number of nitrogens with zero attached hydrogens (tertiary/aromatic N) is 5. The van der Waals surface area contributed by atoms with Gasteiger partial charge in [0, 0.05) is 31.0 Å². The number of aromatic nitrogens is 5. The van der Waals surface area contributed by atoms with Gasteiger partial charge in [0.2, 0.25) is 5.24 Å². The summed E-state index contributed by atoms with van der Waals surface area (Å²) in [5.74, 6) is 0. The van der Waals surface area contributed by atoms with Crippen LogP contribution in [0.5, 0.6) is 0 Å². The molecule has 0 spiro atoms. The molecular formula is C37H33ClN5OOs. The predicted octanol–water partition coefficient (Wildman–Crippen LogP) is 8.75. The molecule has 0 saturated heterocycles. The van der Waals surface area contributed by atoms with Crippen molar-refractivity contribution < 1.29 is 24.6 Å². The first-order chi connectivity index (χ1) is 21.2. The average Bonchev–Trinajstić information content (AvgIpc) is 3.02. The second-order valence-corrected chi connectivity index (χ2v) is 10.7. The van der Waals surface area contributed by atoms with Crippen LogP contribution in [0.25, 0.3) is 34.0 Å². The van der Waals surface area contributed by atoms with E-state index in [9.17, 15) is 4.79 Å². The van der Waals surface area contributed by atoms with Gasteiger partial charge in [-0.3, -0.25) is 24.7 Å². The fourth-order valence-electron chi connectivity index (χ4n) is 4.13. The summed E-state index contributed by atoms with van der Waals surface area (Å²) in [6.45, 7) is 10.2. The number of pyridine rings is 5. The largest absolute Gasteiger partial charge is 1.00 e. The molecule has 0 fully saturated rings. The Morgan fingerprint density at radius 3 is 1.13 bits per heavy atom. The summed E-state index contributed by atoms with van der Waals surface area (Å²) in [5.41, 5.74) is 11.7. The van der Waals surface area contributed by atoms with Crippen LogP contribution in [-0.2, 0) is 19.8 Å². The van der Waals surface area contributed by atoms with Gasteiger partial charge in [-0.2, -0.15) is 0 Å². The number of hydrogen-bond donors (Lipinski definition) is 0. The summed E-state index contributed by atoms with van der Waals surface area (Å²) >= 11 is 5.42. The smallest absolute Gasteiger partial charge is 0.305 e. The second-order valence-electron chi connectivity index (χ2n) is 10.4. The normalized spacial score (nSPS) is 9.91. The Bertz CT molecular complexity index is 1700. The maximum atomic E-state index is 11.0. The van der Waals surface area contributed by atoms with Gasteiger partial charge in [-0.05, 0) is 134 Å². The van der Waals surface area contributed by atoms with E-state index in [0.29, 0.717) is 5.56 Å². The number of benzene rings is 1. The Labute approximate surface area is 283 Å². The van der Waals surface area contributed by atoms with Gasteiger partial charge in [0.15, 0.2) is 0 Å². The summed E-state index contributed by atoms with van der Waals surface area (Å²) in [7, 11) is 0. The molecule has 0 unspecified atom stereocenters. The van der Waals surface area contributed by atoms with E-state index in [0.717, 1.165) is 39.6 Å². The van der Waals surface area contributed by atoms with E-state index in [1.54, 1.807) is 24.4 Å². The van der Waals surface area contributed by atoms with E-state index in [1.165, 1.54) is 22.3 Å². The summed E-state index contributed by atoms with van der Waals surface area (Å²) in [5, 5.41) is -0.470. The molecule has 1 aromatic carbocycles. The fourth-order valence-corrected chi connectivity index (χ4v) is 4.24. The van der Waals surface area contributed by atoms with Gasteiger partial charge in [-0.15, -0.1) is 29.8 Å². The van der Waals surface area contributed by atoms with Crippen molar-refractivity contribution in [1.29, 1.82) is 0 Å². The van der Waals surface area contributed by atoms with Crippen LogP contribution >= 0.6 is 11.6 Å². The van der Waals surface area contributed by atoms with Crippen LogP contribution in [0, 0.1) is 40.7 Å². The monoisotopic (exact) mass is 790 g/mol. The van der Waals surface area contributed by atoms with Crippen LogP contribution in [0.2, 0.25) is 0 Å². The molecule has 0 N–H and O–H groups in total. The molecule has 0 amide bonds. The molecule has 5 aromatic heterocycles. The summed E-state index contributed by atoms with van der Waals surface area (Å²) < 4.78 is 0. The van der Waals surface area contributed by atoms with Crippen molar-refractivity contribution in [1.82, 2.24) is 24.9 Å². The first kappa shape index (κ1) is 35.0. The molecule has 8 heteroatoms. The fraction of sp³-hybridized carbons (Fsp3) is 0.135. The zero-order valence-electron chi connectivity index (χ0n) is 25.8. The van der Waals surface area contributed by atoms with Gasteiger partial charge in [-0.1, -0.05) is 11.6 Å². The Morgan fingerprint density at radius 2 is 0.822 bits per heavy atom. The van der Waals surface area contributed by atoms with E-state index in [2.05, 4.69) is 58.7 Å². The number of hydrogen-bond acceptors (Lipinski definition) is 6. The summed E-state index contributed by atoms with van der Waals surface area (Å²) in [6.07, 6.45) is 8.99. The molecular weight excluding hydrogens is 756 g/mol. The van der Waals surface area contributed by atoms with E-state index in [-0.39, 0.29) is 19.8 Å². The van der Waals surface area contributed by atoms with Gasteiger partial charge < -0.3 is 4.98 Å². The molecule has 0 bridgehead atoms. The Kier molecular flexibility index (Phi) is 13.4. The number of carbonyl (C=O) groups is 1. The number of aryl methyl sites for hydroxylation is 5. The van der Waals surface area contributed by atoms with Gasteiger partial charge in [-0.25, -0.2) is 0 Å². The van der Waals surface area contributed by atoms with Crippen molar-refractivity contribution >= 4 is 16.8 Å². The van der Waals surface area contributed by atoms with E-state index in [4.69, 9.17) is 11.6 Å². The minimum atomic E-state index is -0.470. The number of halogens is 1. The van der Waals surface area contributed by atoms with Gasteiger partial charge in [0.1, 0.15) is 0 Å². The first-order valence-corrected chi connectivity index (χ1v) is 14.4. The molecule has 6 rings (SSSR count). The van der Waals surface area contributed by atoms with Gasteiger partial charge in [0.05, 0.1) is 22.8 Å². The third kappa shape index (κ3) is 10.9. The first-order valence-electron chi connectivity index (χ1n) is 14.0. The second kappa shape index (κ2) is 17.2. The van der Waals surface area contributed by atoms with E-state index >= 15 is 0 Å². The molecule has 6 nitrogen and oxygen atoms in total. The Morgan fingerprint density at radius 1 is 0.511 bits per heavy atom. The molecule has 0 atom stereocenters. The quantitative estimate of drug-likeness (QED) is 0.131. The van der Waals surface area contributed by atoms with Crippen LogP contribution in [-0.4, -0.2) is 30.2 Å². The maximum absolute atomic E-state index is 11.0. The van der Waals surface area contributed by atoms with Crippen LogP contribution in [0.1, 0.15) is 38.2 Å². The molecule has 5 heterocycles. The summed E-state index contributed by atoms with van der Waals surface area (Å²) in [6, 6.07) is 28.0. The third-order valence-corrected chi connectivity index (χ3v) is 6.62. The molecule has 0 saturated carbocycles. The minimum Gasteiger partial charge on any atom is -0.305 e. The van der Waals surface area contributed by atoms with Crippen LogP contribution in [0.15, 0.2) is 110 Å². The predicted molar refractivity (Wildman–Crippen MR) is 177 cm³/mol. The van der Waals surface area contributed by atoms with E-state index in [1.807, 2.05) is 92.4 Å². The summed E-state index contributed by atoms with van der Waals surface area (Å²) in [4.78, 5) is 32.4. The number of carbonyl (C=O) groups excluding carboxylic acids is 1. The Balaban J connectivity index is 0.000000183. The zero-order chi connectivity index (χ0) is 31.5. The van der Waals surface area contributed by atoms with E-state index < -0.39 is 5.24 Å². The van der Waals surface area contributed by atoms with Crippen LogP contribution in [0.4, 0.5) is 0 Å². The molecule has 0 aliphatic carbocycles. The SMILES string of the molecule is Cc1ccnc(-c2[c-]ccc(C(=O)Cl)c2)c1.Cc1ccnc(-c2cc(C)ccn2)c1.Cc1ccnc(-c2cc(C)ccn2)c1.[Os+]. The van der Waals surface area contributed by atoms with Crippen molar-refractivity contribution in [3.05, 3.63) is 149 Å². The molecule has 1 radical (unpaired) electrons. The van der Waals surface area contributed by atoms with Gasteiger partial charge in [0.25, 0.3) is 0 Å². The van der Waals surface area contributed by atoms with Crippen molar-refractivity contribution in [2.24, 2.45) is 0 Å².